The number of fused-ring (bicyclic) bond motifs is 1. The van der Waals surface area contributed by atoms with Gasteiger partial charge in [0.15, 0.2) is 11.0 Å². The van der Waals surface area contributed by atoms with Crippen LogP contribution < -0.4 is 15.8 Å². The zero-order valence-electron chi connectivity index (χ0n) is 16.7. The van der Waals surface area contributed by atoms with E-state index in [4.69, 9.17) is 22.1 Å². The van der Waals surface area contributed by atoms with Gasteiger partial charge in [0.2, 0.25) is 5.91 Å². The van der Waals surface area contributed by atoms with E-state index in [0.717, 1.165) is 29.7 Å². The lowest BCUT2D eigenvalue weighted by Crippen LogP contribution is -2.19. The minimum Gasteiger partial charge on any atom is -0.486 e. The molecule has 0 unspecified atom stereocenters. The number of primary amides is 1. The Balaban J connectivity index is 1.34. The van der Waals surface area contributed by atoms with Crippen molar-refractivity contribution in [1.82, 2.24) is 14.8 Å². The van der Waals surface area contributed by atoms with Crippen molar-refractivity contribution in [3.05, 3.63) is 51.1 Å². The standard InChI is InChI=1S/C20H20ClN5O3S2/c1-26-15(9-29-12-7-5-11(21)6-8-12)24-25-20(26)30-10-16(27)23-19-17(18(22)28)13-3-2-4-14(13)31-19/h5-8H,2-4,9-10H2,1H3,(H2,22,28)(H,23,27). The molecule has 1 aromatic carbocycles. The van der Waals surface area contributed by atoms with E-state index in [2.05, 4.69) is 15.5 Å². The van der Waals surface area contributed by atoms with Crippen molar-refractivity contribution >= 4 is 51.5 Å². The highest BCUT2D eigenvalue weighted by atomic mass is 35.5. The molecule has 31 heavy (non-hydrogen) atoms. The van der Waals surface area contributed by atoms with Crippen LogP contribution in [-0.4, -0.2) is 32.3 Å². The molecule has 1 aliphatic carbocycles. The molecular formula is C20H20ClN5O3S2. The van der Waals surface area contributed by atoms with E-state index in [-0.39, 0.29) is 18.3 Å². The van der Waals surface area contributed by atoms with Crippen molar-refractivity contribution in [3.8, 4) is 5.75 Å². The fraction of sp³-hybridized carbons (Fsp3) is 0.300. The maximum Gasteiger partial charge on any atom is 0.251 e. The molecule has 3 N–H and O–H groups in total. The second-order valence-corrected chi connectivity index (χ2v) is 9.45. The van der Waals surface area contributed by atoms with Gasteiger partial charge in [0.25, 0.3) is 5.91 Å². The Morgan fingerprint density at radius 1 is 1.29 bits per heavy atom. The Morgan fingerprint density at radius 3 is 2.81 bits per heavy atom. The molecule has 0 bridgehead atoms. The van der Waals surface area contributed by atoms with E-state index >= 15 is 0 Å². The summed E-state index contributed by atoms with van der Waals surface area (Å²) in [5.74, 6) is 0.707. The molecule has 8 nitrogen and oxygen atoms in total. The molecule has 0 saturated heterocycles. The van der Waals surface area contributed by atoms with Crippen molar-refractivity contribution in [1.29, 1.82) is 0 Å². The third-order valence-electron chi connectivity index (χ3n) is 4.86. The van der Waals surface area contributed by atoms with Crippen molar-refractivity contribution < 1.29 is 14.3 Å². The summed E-state index contributed by atoms with van der Waals surface area (Å²) in [6.07, 6.45) is 2.76. The number of hydrogen-bond acceptors (Lipinski definition) is 7. The summed E-state index contributed by atoms with van der Waals surface area (Å²) < 4.78 is 7.48. The molecule has 2 heterocycles. The maximum absolute atomic E-state index is 12.5. The predicted molar refractivity (Wildman–Crippen MR) is 121 cm³/mol. The lowest BCUT2D eigenvalue weighted by Gasteiger charge is -2.07. The first-order valence-electron chi connectivity index (χ1n) is 9.56. The van der Waals surface area contributed by atoms with Gasteiger partial charge in [-0.2, -0.15) is 0 Å². The smallest absolute Gasteiger partial charge is 0.251 e. The van der Waals surface area contributed by atoms with Gasteiger partial charge in [0, 0.05) is 16.9 Å². The molecule has 11 heteroatoms. The van der Waals surface area contributed by atoms with E-state index in [0.29, 0.717) is 32.3 Å². The Labute approximate surface area is 192 Å². The SMILES string of the molecule is Cn1c(COc2ccc(Cl)cc2)nnc1SCC(=O)Nc1sc2c(c1C(N)=O)CCC2. The van der Waals surface area contributed by atoms with Gasteiger partial charge in [0.05, 0.1) is 11.3 Å². The number of ether oxygens (including phenoxy) is 1. The molecule has 2 amide bonds. The van der Waals surface area contributed by atoms with Gasteiger partial charge in [-0.25, -0.2) is 0 Å². The number of nitrogens with two attached hydrogens (primary N) is 1. The number of hydrogen-bond donors (Lipinski definition) is 2. The molecule has 162 valence electrons. The molecule has 4 rings (SSSR count). The van der Waals surface area contributed by atoms with E-state index in [9.17, 15) is 9.59 Å². The summed E-state index contributed by atoms with van der Waals surface area (Å²) in [5.41, 5.74) is 6.98. The number of aryl methyl sites for hydroxylation is 1. The number of thiophene rings is 1. The minimum absolute atomic E-state index is 0.130. The average molecular weight is 478 g/mol. The first-order valence-corrected chi connectivity index (χ1v) is 11.7. The summed E-state index contributed by atoms with van der Waals surface area (Å²) in [4.78, 5) is 25.5. The number of carbonyl (C=O) groups excluding carboxylic acids is 2. The van der Waals surface area contributed by atoms with E-state index in [1.54, 1.807) is 28.8 Å². The van der Waals surface area contributed by atoms with Gasteiger partial charge in [-0.05, 0) is 49.1 Å². The number of rotatable bonds is 8. The van der Waals surface area contributed by atoms with Crippen LogP contribution in [0.1, 0.15) is 33.0 Å². The quantitative estimate of drug-likeness (QED) is 0.481. The first-order chi connectivity index (χ1) is 14.9. The average Bonchev–Trinajstić information content (AvgIpc) is 3.40. The van der Waals surface area contributed by atoms with Crippen LogP contribution in [0, 0.1) is 0 Å². The van der Waals surface area contributed by atoms with Crippen LogP contribution in [0.5, 0.6) is 5.75 Å². The lowest BCUT2D eigenvalue weighted by molar-refractivity contribution is -0.113. The van der Waals surface area contributed by atoms with Gasteiger partial charge >= 0.3 is 0 Å². The van der Waals surface area contributed by atoms with Gasteiger partial charge < -0.3 is 20.4 Å². The minimum atomic E-state index is -0.499. The van der Waals surface area contributed by atoms with Gasteiger partial charge in [-0.3, -0.25) is 9.59 Å². The van der Waals surface area contributed by atoms with E-state index in [1.807, 2.05) is 7.05 Å². The van der Waals surface area contributed by atoms with Crippen LogP contribution in [0.15, 0.2) is 29.4 Å². The number of benzene rings is 1. The summed E-state index contributed by atoms with van der Waals surface area (Å²) in [7, 11) is 1.82. The summed E-state index contributed by atoms with van der Waals surface area (Å²) in [6, 6.07) is 7.05. The fourth-order valence-corrected chi connectivity index (χ4v) is 5.49. The summed E-state index contributed by atoms with van der Waals surface area (Å²) >= 11 is 8.57. The van der Waals surface area contributed by atoms with Crippen LogP contribution in [0.3, 0.4) is 0 Å². The summed E-state index contributed by atoms with van der Waals surface area (Å²) in [6.45, 7) is 0.237. The van der Waals surface area contributed by atoms with Gasteiger partial charge in [0.1, 0.15) is 17.4 Å². The van der Waals surface area contributed by atoms with Crippen LogP contribution >= 0.6 is 34.7 Å². The lowest BCUT2D eigenvalue weighted by atomic mass is 10.1. The number of anilines is 1. The Kier molecular flexibility index (Phi) is 6.49. The normalized spacial score (nSPS) is 12.6. The fourth-order valence-electron chi connectivity index (χ4n) is 3.32. The monoisotopic (exact) mass is 477 g/mol. The molecule has 0 atom stereocenters. The van der Waals surface area contributed by atoms with Crippen LogP contribution in [0.25, 0.3) is 0 Å². The number of nitrogens with zero attached hydrogens (tertiary/aromatic N) is 3. The highest BCUT2D eigenvalue weighted by Gasteiger charge is 2.26. The van der Waals surface area contributed by atoms with Crippen molar-refractivity contribution in [2.24, 2.45) is 12.8 Å². The van der Waals surface area contributed by atoms with E-state index < -0.39 is 5.91 Å². The molecule has 1 aliphatic rings. The van der Waals surface area contributed by atoms with Crippen molar-refractivity contribution in [2.75, 3.05) is 11.1 Å². The largest absolute Gasteiger partial charge is 0.486 e. The van der Waals surface area contributed by atoms with Gasteiger partial charge in [-0.15, -0.1) is 21.5 Å². The molecule has 0 radical (unpaired) electrons. The van der Waals surface area contributed by atoms with Crippen molar-refractivity contribution in [3.63, 3.8) is 0 Å². The number of aromatic nitrogens is 3. The highest BCUT2D eigenvalue weighted by molar-refractivity contribution is 7.99. The Hall–Kier alpha value is -2.56. The number of thioether (sulfide) groups is 1. The van der Waals surface area contributed by atoms with Gasteiger partial charge in [-0.1, -0.05) is 23.4 Å². The maximum atomic E-state index is 12.5. The number of halogens is 1. The second kappa shape index (κ2) is 9.29. The molecular weight excluding hydrogens is 458 g/mol. The number of nitrogens with one attached hydrogen (secondary N) is 1. The third kappa shape index (κ3) is 4.86. The number of carbonyl (C=O) groups is 2. The van der Waals surface area contributed by atoms with Crippen LogP contribution in [-0.2, 0) is 31.3 Å². The van der Waals surface area contributed by atoms with Crippen LogP contribution in [0.4, 0.5) is 5.00 Å². The second-order valence-electron chi connectivity index (χ2n) is 6.96. The molecule has 0 saturated carbocycles. The molecule has 0 spiro atoms. The highest BCUT2D eigenvalue weighted by Crippen LogP contribution is 2.38. The van der Waals surface area contributed by atoms with Crippen molar-refractivity contribution in [2.45, 2.75) is 31.0 Å². The Morgan fingerprint density at radius 2 is 2.06 bits per heavy atom. The Bertz CT molecular complexity index is 1130. The predicted octanol–water partition coefficient (Wildman–Crippen LogP) is 3.43. The molecule has 0 aliphatic heterocycles. The molecule has 0 fully saturated rings. The third-order valence-corrected chi connectivity index (χ3v) is 7.34. The summed E-state index contributed by atoms with van der Waals surface area (Å²) in [5, 5.41) is 12.9. The zero-order valence-corrected chi connectivity index (χ0v) is 19.1. The number of amides is 2. The molecule has 3 aromatic rings. The first kappa shape index (κ1) is 21.7. The topological polar surface area (TPSA) is 112 Å². The van der Waals surface area contributed by atoms with E-state index in [1.165, 1.54) is 23.1 Å². The molecule has 2 aromatic heterocycles. The zero-order chi connectivity index (χ0) is 22.0. The van der Waals surface area contributed by atoms with Crippen LogP contribution in [0.2, 0.25) is 5.02 Å².